The third-order valence-electron chi connectivity index (χ3n) is 5.70. The lowest BCUT2D eigenvalue weighted by molar-refractivity contribution is -0.163. The fourth-order valence-electron chi connectivity index (χ4n) is 4.45. The zero-order chi connectivity index (χ0) is 22.4. The van der Waals surface area contributed by atoms with Gasteiger partial charge in [-0.25, -0.2) is 9.52 Å². The topological polar surface area (TPSA) is 148 Å². The number of carboxylic acid groups (broad SMARTS) is 1. The molecule has 6 atom stereocenters. The molecule has 0 bridgehead atoms. The number of hydrogen-bond acceptors (Lipinski definition) is 7. The summed E-state index contributed by atoms with van der Waals surface area (Å²) in [6.45, 7) is 7.77. The molecule has 0 saturated carbocycles. The van der Waals surface area contributed by atoms with Crippen molar-refractivity contribution in [1.82, 2.24) is 19.7 Å². The van der Waals surface area contributed by atoms with E-state index in [-0.39, 0.29) is 47.4 Å². The number of carbonyl (C=O) groups excluding carboxylic acids is 1. The van der Waals surface area contributed by atoms with Crippen molar-refractivity contribution in [1.29, 1.82) is 0 Å². The summed E-state index contributed by atoms with van der Waals surface area (Å²) in [5.74, 6) is -2.24. The molecule has 2 saturated heterocycles. The van der Waals surface area contributed by atoms with E-state index in [4.69, 9.17) is 0 Å². The first kappa shape index (κ1) is 23.5. The van der Waals surface area contributed by atoms with Crippen LogP contribution in [0.5, 0.6) is 0 Å². The molecule has 5 N–H and O–H groups in total. The molecule has 2 fully saturated rings. The van der Waals surface area contributed by atoms with Crippen LogP contribution in [0.15, 0.2) is 10.6 Å². The molecule has 1 amide bonds. The number of rotatable bonds is 9. The van der Waals surface area contributed by atoms with Gasteiger partial charge in [-0.2, -0.15) is 13.1 Å². The molecule has 0 aromatic heterocycles. The molecule has 3 aliphatic rings. The molecule has 0 aromatic carbocycles. The van der Waals surface area contributed by atoms with Gasteiger partial charge in [0.2, 0.25) is 5.91 Å². The van der Waals surface area contributed by atoms with Gasteiger partial charge >= 0.3 is 5.97 Å². The Hall–Kier alpha value is -1.18. The van der Waals surface area contributed by atoms with Crippen molar-refractivity contribution in [3.05, 3.63) is 10.6 Å². The molecule has 0 aliphatic carbocycles. The van der Waals surface area contributed by atoms with Crippen LogP contribution < -0.4 is 14.8 Å². The van der Waals surface area contributed by atoms with Gasteiger partial charge in [-0.05, 0) is 27.2 Å². The third kappa shape index (κ3) is 4.53. The summed E-state index contributed by atoms with van der Waals surface area (Å²) in [6.07, 6.45) is -0.165. The second-order valence-electron chi connectivity index (χ2n) is 8.48. The van der Waals surface area contributed by atoms with Crippen molar-refractivity contribution in [2.24, 2.45) is 11.8 Å². The Balaban J connectivity index is 1.64. The van der Waals surface area contributed by atoms with Crippen LogP contribution in [0.25, 0.3) is 0 Å². The minimum Gasteiger partial charge on any atom is -0.477 e. The zero-order valence-corrected chi connectivity index (χ0v) is 19.1. The van der Waals surface area contributed by atoms with Crippen LogP contribution in [0.4, 0.5) is 0 Å². The average Bonchev–Trinajstić information content (AvgIpc) is 3.14. The molecule has 3 heterocycles. The van der Waals surface area contributed by atoms with Crippen LogP contribution >= 0.6 is 11.8 Å². The second kappa shape index (κ2) is 8.75. The van der Waals surface area contributed by atoms with E-state index in [0.717, 1.165) is 0 Å². The molecule has 3 aliphatic heterocycles. The number of aliphatic carboxylic acids is 1. The van der Waals surface area contributed by atoms with Crippen molar-refractivity contribution >= 4 is 33.8 Å². The number of carbonyl (C=O) groups is 2. The number of nitrogens with one attached hydrogen (secondary N) is 3. The van der Waals surface area contributed by atoms with Crippen LogP contribution in [0.3, 0.4) is 0 Å². The van der Waals surface area contributed by atoms with E-state index in [1.807, 2.05) is 6.92 Å². The Bertz CT molecular complexity index is 844. The Kier molecular flexibility index (Phi) is 6.85. The van der Waals surface area contributed by atoms with Crippen LogP contribution in [0.2, 0.25) is 0 Å². The summed E-state index contributed by atoms with van der Waals surface area (Å²) >= 11 is 1.44. The van der Waals surface area contributed by atoms with Crippen molar-refractivity contribution in [2.75, 3.05) is 13.1 Å². The number of nitrogens with zero attached hydrogens (tertiary/aromatic N) is 1. The Morgan fingerprint density at radius 1 is 1.37 bits per heavy atom. The fraction of sp³-hybridized carbons (Fsp3) is 0.778. The standard InChI is InChI=1S/C18H30N4O6S2/c1-8(2)21-30(27,28)20-6-11-5-12(7-19-11)29-16-9(3)14-13(10(4)23)17(24)22(14)15(16)18(25)26/h8-14,19-21,23H,5-7H2,1-4H3,(H,25,26). The Morgan fingerprint density at radius 2 is 2.03 bits per heavy atom. The average molecular weight is 463 g/mol. The van der Waals surface area contributed by atoms with Gasteiger partial charge in [-0.1, -0.05) is 6.92 Å². The third-order valence-corrected chi connectivity index (χ3v) is 8.54. The Morgan fingerprint density at radius 3 is 2.60 bits per heavy atom. The molecule has 10 nitrogen and oxygen atoms in total. The quantitative estimate of drug-likeness (QED) is 0.286. The first-order valence-corrected chi connectivity index (χ1v) is 12.4. The van der Waals surface area contributed by atoms with E-state index in [9.17, 15) is 28.2 Å². The number of β-lactam (4-membered cyclic amide) rings is 1. The fourth-order valence-corrected chi connectivity index (χ4v) is 7.09. The summed E-state index contributed by atoms with van der Waals surface area (Å²) in [5, 5.41) is 23.0. The summed E-state index contributed by atoms with van der Waals surface area (Å²) in [7, 11) is -3.57. The number of hydrogen-bond donors (Lipinski definition) is 5. The van der Waals surface area contributed by atoms with E-state index in [1.165, 1.54) is 16.7 Å². The largest absolute Gasteiger partial charge is 0.477 e. The number of aliphatic hydroxyl groups is 1. The van der Waals surface area contributed by atoms with Crippen molar-refractivity contribution in [3.63, 3.8) is 0 Å². The van der Waals surface area contributed by atoms with Gasteiger partial charge in [0.1, 0.15) is 5.70 Å². The van der Waals surface area contributed by atoms with E-state index in [1.54, 1.807) is 20.8 Å². The van der Waals surface area contributed by atoms with Gasteiger partial charge < -0.3 is 20.4 Å². The van der Waals surface area contributed by atoms with Gasteiger partial charge in [0.15, 0.2) is 0 Å². The van der Waals surface area contributed by atoms with Crippen LogP contribution in [0, 0.1) is 11.8 Å². The van der Waals surface area contributed by atoms with E-state index < -0.39 is 28.2 Å². The van der Waals surface area contributed by atoms with Gasteiger partial charge in [0.25, 0.3) is 10.2 Å². The van der Waals surface area contributed by atoms with Crippen LogP contribution in [-0.2, 0) is 19.8 Å². The minimum absolute atomic E-state index is 0.0182. The first-order chi connectivity index (χ1) is 13.9. The SMILES string of the molecule is CC(C)NS(=O)(=O)NCC1CC(SC2=C(C(=O)O)N3C(=O)C(C(C)O)C3C2C)CN1. The minimum atomic E-state index is -3.57. The lowest BCUT2D eigenvalue weighted by Crippen LogP contribution is -2.63. The molecule has 6 unspecified atom stereocenters. The highest BCUT2D eigenvalue weighted by molar-refractivity contribution is 8.03. The lowest BCUT2D eigenvalue weighted by atomic mass is 9.79. The monoisotopic (exact) mass is 462 g/mol. The molecule has 0 spiro atoms. The number of carboxylic acids is 1. The van der Waals surface area contributed by atoms with Gasteiger partial charge in [-0.3, -0.25) is 4.79 Å². The highest BCUT2D eigenvalue weighted by Gasteiger charge is 2.60. The van der Waals surface area contributed by atoms with Gasteiger partial charge in [0.05, 0.1) is 18.1 Å². The number of amides is 1. The van der Waals surface area contributed by atoms with E-state index >= 15 is 0 Å². The first-order valence-electron chi connectivity index (χ1n) is 10.1. The smallest absolute Gasteiger partial charge is 0.353 e. The molecule has 12 heteroatoms. The van der Waals surface area contributed by atoms with Crippen LogP contribution in [-0.4, -0.2) is 78.0 Å². The van der Waals surface area contributed by atoms with Crippen LogP contribution in [0.1, 0.15) is 34.1 Å². The zero-order valence-electron chi connectivity index (χ0n) is 17.5. The second-order valence-corrected chi connectivity index (χ2v) is 11.4. The Labute approximate surface area is 181 Å². The maximum Gasteiger partial charge on any atom is 0.353 e. The number of thioether (sulfide) groups is 1. The lowest BCUT2D eigenvalue weighted by Gasteiger charge is -2.46. The van der Waals surface area contributed by atoms with Gasteiger partial charge in [0, 0.05) is 41.2 Å². The molecule has 170 valence electrons. The van der Waals surface area contributed by atoms with Crippen molar-refractivity contribution in [3.8, 4) is 0 Å². The molecule has 0 aromatic rings. The molecule has 3 rings (SSSR count). The number of fused-ring (bicyclic) bond motifs is 1. The molecular weight excluding hydrogens is 432 g/mol. The highest BCUT2D eigenvalue weighted by Crippen LogP contribution is 2.51. The predicted molar refractivity (Wildman–Crippen MR) is 113 cm³/mol. The van der Waals surface area contributed by atoms with E-state index in [2.05, 4.69) is 14.8 Å². The highest BCUT2D eigenvalue weighted by atomic mass is 32.2. The summed E-state index contributed by atoms with van der Waals surface area (Å²) < 4.78 is 28.9. The van der Waals surface area contributed by atoms with Crippen molar-refractivity contribution < 1.29 is 28.2 Å². The number of aliphatic hydroxyl groups excluding tert-OH is 1. The normalized spacial score (nSPS) is 32.5. The molecular formula is C18H30N4O6S2. The maximum atomic E-state index is 12.4. The predicted octanol–water partition coefficient (Wildman–Crippen LogP) is -0.564. The molecule has 0 radical (unpaired) electrons. The van der Waals surface area contributed by atoms with Gasteiger partial charge in [-0.15, -0.1) is 11.8 Å². The summed E-state index contributed by atoms with van der Waals surface area (Å²) in [5.41, 5.74) is 0.0182. The maximum absolute atomic E-state index is 12.4. The molecule has 30 heavy (non-hydrogen) atoms. The van der Waals surface area contributed by atoms with E-state index in [0.29, 0.717) is 17.9 Å². The summed E-state index contributed by atoms with van der Waals surface area (Å²) in [6, 6.07) is -0.600. The van der Waals surface area contributed by atoms with Crippen molar-refractivity contribution in [2.45, 2.75) is 63.6 Å². The summed E-state index contributed by atoms with van der Waals surface area (Å²) in [4.78, 5) is 26.3.